The van der Waals surface area contributed by atoms with Crippen LogP contribution in [0.2, 0.25) is 0 Å². The van der Waals surface area contributed by atoms with Gasteiger partial charge in [-0.3, -0.25) is 0 Å². The summed E-state index contributed by atoms with van der Waals surface area (Å²) < 4.78 is 44.7. The van der Waals surface area contributed by atoms with E-state index in [9.17, 15) is 12.8 Å². The Balaban J connectivity index is 2.89. The van der Waals surface area contributed by atoms with Gasteiger partial charge in [-0.15, -0.1) is 0 Å². The third kappa shape index (κ3) is 3.94. The summed E-state index contributed by atoms with van der Waals surface area (Å²) in [4.78, 5) is -0.453. The molecule has 0 aliphatic rings. The van der Waals surface area contributed by atoms with E-state index in [4.69, 9.17) is 10.5 Å². The maximum Gasteiger partial charge on any atom is 0.243 e. The molecule has 0 saturated heterocycles. The van der Waals surface area contributed by atoms with Crippen molar-refractivity contribution in [1.29, 1.82) is 0 Å². The first-order valence-corrected chi connectivity index (χ1v) is 7.00. The highest BCUT2D eigenvalue weighted by atomic mass is 32.2. The maximum absolute atomic E-state index is 13.5. The van der Waals surface area contributed by atoms with Crippen LogP contribution in [-0.2, 0) is 14.8 Å². The van der Waals surface area contributed by atoms with E-state index in [-0.39, 0.29) is 12.3 Å². The van der Waals surface area contributed by atoms with Crippen LogP contribution < -0.4 is 10.5 Å². The number of ether oxygens (including phenoxy) is 1. The van der Waals surface area contributed by atoms with Crippen molar-refractivity contribution in [2.45, 2.75) is 24.8 Å². The van der Waals surface area contributed by atoms with Crippen LogP contribution in [0.4, 0.5) is 10.1 Å². The molecule has 1 rings (SSSR count). The van der Waals surface area contributed by atoms with Crippen LogP contribution in [0.1, 0.15) is 13.8 Å². The van der Waals surface area contributed by atoms with Gasteiger partial charge in [0.15, 0.2) is 0 Å². The molecule has 1 aromatic carbocycles. The number of hydrogen-bond donors (Lipinski definition) is 2. The van der Waals surface area contributed by atoms with E-state index in [1.807, 2.05) is 0 Å². The molecule has 1 unspecified atom stereocenters. The highest BCUT2D eigenvalue weighted by Gasteiger charge is 2.21. The molecule has 1 atom stereocenters. The third-order valence-corrected chi connectivity index (χ3v) is 3.78. The van der Waals surface area contributed by atoms with Crippen LogP contribution in [-0.4, -0.2) is 27.7 Å². The zero-order chi connectivity index (χ0) is 13.8. The highest BCUT2D eigenvalue weighted by Crippen LogP contribution is 2.17. The molecule has 0 aliphatic heterocycles. The third-order valence-electron chi connectivity index (χ3n) is 2.17. The average Bonchev–Trinajstić information content (AvgIpc) is 2.29. The van der Waals surface area contributed by atoms with Crippen molar-refractivity contribution in [3.05, 3.63) is 24.0 Å². The SMILES string of the molecule is CCOCC(C)NS(=O)(=O)c1cc(N)ccc1F. The Morgan fingerprint density at radius 3 is 2.78 bits per heavy atom. The summed E-state index contributed by atoms with van der Waals surface area (Å²) in [7, 11) is -3.93. The van der Waals surface area contributed by atoms with Gasteiger partial charge in [-0.25, -0.2) is 17.5 Å². The first-order chi connectivity index (χ1) is 8.36. The number of sulfonamides is 1. The fraction of sp³-hybridized carbons (Fsp3) is 0.455. The summed E-state index contributed by atoms with van der Waals surface area (Å²) in [5.41, 5.74) is 5.64. The minimum Gasteiger partial charge on any atom is -0.399 e. The number of nitrogens with two attached hydrogens (primary N) is 1. The quantitative estimate of drug-likeness (QED) is 0.763. The standard InChI is InChI=1S/C11H17FN2O3S/c1-3-17-7-8(2)14-18(15,16)11-6-9(13)4-5-10(11)12/h4-6,8,14H,3,7,13H2,1-2H3. The summed E-state index contributed by atoms with van der Waals surface area (Å²) in [6.45, 7) is 4.15. The van der Waals surface area contributed by atoms with E-state index in [0.717, 1.165) is 12.1 Å². The average molecular weight is 276 g/mol. The van der Waals surface area contributed by atoms with Crippen molar-refractivity contribution >= 4 is 15.7 Å². The van der Waals surface area contributed by atoms with Crippen LogP contribution in [0.3, 0.4) is 0 Å². The zero-order valence-corrected chi connectivity index (χ0v) is 11.1. The lowest BCUT2D eigenvalue weighted by molar-refractivity contribution is 0.133. The summed E-state index contributed by atoms with van der Waals surface area (Å²) >= 11 is 0. The molecule has 1 aromatic rings. The number of hydrogen-bond acceptors (Lipinski definition) is 4. The van der Waals surface area contributed by atoms with Crippen molar-refractivity contribution in [3.63, 3.8) is 0 Å². The second kappa shape index (κ2) is 6.12. The Bertz CT molecular complexity index is 505. The largest absolute Gasteiger partial charge is 0.399 e. The van der Waals surface area contributed by atoms with E-state index < -0.39 is 26.8 Å². The molecule has 0 aromatic heterocycles. The number of rotatable bonds is 6. The van der Waals surface area contributed by atoms with Gasteiger partial charge in [-0.1, -0.05) is 0 Å². The van der Waals surface area contributed by atoms with Crippen molar-refractivity contribution < 1.29 is 17.5 Å². The molecule has 0 heterocycles. The van der Waals surface area contributed by atoms with Gasteiger partial charge in [0.05, 0.1) is 6.61 Å². The molecule has 0 amide bonds. The summed E-state index contributed by atoms with van der Waals surface area (Å²) in [5.74, 6) is -0.833. The molecule has 3 N–H and O–H groups in total. The maximum atomic E-state index is 13.5. The van der Waals surface area contributed by atoms with Crippen LogP contribution in [0.15, 0.2) is 23.1 Å². The zero-order valence-electron chi connectivity index (χ0n) is 10.3. The monoisotopic (exact) mass is 276 g/mol. The predicted molar refractivity (Wildman–Crippen MR) is 67.1 cm³/mol. The van der Waals surface area contributed by atoms with Gasteiger partial charge in [0, 0.05) is 18.3 Å². The van der Waals surface area contributed by atoms with Gasteiger partial charge in [0.25, 0.3) is 0 Å². The van der Waals surface area contributed by atoms with Gasteiger partial charge >= 0.3 is 0 Å². The van der Waals surface area contributed by atoms with Crippen LogP contribution in [0.25, 0.3) is 0 Å². The molecular formula is C11H17FN2O3S. The number of nitrogen functional groups attached to an aromatic ring is 1. The molecule has 0 saturated carbocycles. The van der Waals surface area contributed by atoms with Crippen LogP contribution in [0, 0.1) is 5.82 Å². The van der Waals surface area contributed by atoms with Crippen molar-refractivity contribution in [2.24, 2.45) is 0 Å². The molecule has 102 valence electrons. The fourth-order valence-electron chi connectivity index (χ4n) is 1.38. The normalized spacial score (nSPS) is 13.5. The van der Waals surface area contributed by atoms with E-state index in [1.54, 1.807) is 13.8 Å². The Kier molecular flexibility index (Phi) is 5.06. The van der Waals surface area contributed by atoms with Gasteiger partial charge < -0.3 is 10.5 Å². The number of anilines is 1. The van der Waals surface area contributed by atoms with Crippen molar-refractivity contribution in [2.75, 3.05) is 18.9 Å². The van der Waals surface area contributed by atoms with E-state index >= 15 is 0 Å². The second-order valence-corrected chi connectivity index (χ2v) is 5.55. The summed E-state index contributed by atoms with van der Waals surface area (Å²) in [6.07, 6.45) is 0. The van der Waals surface area contributed by atoms with E-state index in [1.165, 1.54) is 6.07 Å². The lowest BCUT2D eigenvalue weighted by Gasteiger charge is -2.14. The topological polar surface area (TPSA) is 81.4 Å². The first kappa shape index (κ1) is 14.9. The van der Waals surface area contributed by atoms with Gasteiger partial charge in [-0.2, -0.15) is 0 Å². The Labute approximate surface area is 106 Å². The Hall–Kier alpha value is -1.18. The van der Waals surface area contributed by atoms with E-state index in [0.29, 0.717) is 6.61 Å². The summed E-state index contributed by atoms with van der Waals surface area (Å²) in [6, 6.07) is 2.97. The molecule has 18 heavy (non-hydrogen) atoms. The predicted octanol–water partition coefficient (Wildman–Crippen LogP) is 1.11. The first-order valence-electron chi connectivity index (χ1n) is 5.52. The van der Waals surface area contributed by atoms with Crippen LogP contribution in [0.5, 0.6) is 0 Å². The molecule has 5 nitrogen and oxygen atoms in total. The van der Waals surface area contributed by atoms with Gasteiger partial charge in [0.2, 0.25) is 10.0 Å². The smallest absolute Gasteiger partial charge is 0.243 e. The van der Waals surface area contributed by atoms with Crippen molar-refractivity contribution in [1.82, 2.24) is 4.72 Å². The van der Waals surface area contributed by atoms with Gasteiger partial charge in [-0.05, 0) is 32.0 Å². The highest BCUT2D eigenvalue weighted by molar-refractivity contribution is 7.89. The molecule has 0 fully saturated rings. The second-order valence-electron chi connectivity index (χ2n) is 3.87. The number of benzene rings is 1. The molecule has 0 spiro atoms. The fourth-order valence-corrected chi connectivity index (χ4v) is 2.72. The van der Waals surface area contributed by atoms with Crippen molar-refractivity contribution in [3.8, 4) is 0 Å². The molecule has 7 heteroatoms. The molecular weight excluding hydrogens is 259 g/mol. The Morgan fingerprint density at radius 2 is 2.17 bits per heavy atom. The van der Waals surface area contributed by atoms with Gasteiger partial charge in [0.1, 0.15) is 10.7 Å². The number of nitrogens with one attached hydrogen (secondary N) is 1. The minimum atomic E-state index is -3.93. The molecule has 0 bridgehead atoms. The van der Waals surface area contributed by atoms with E-state index in [2.05, 4.69) is 4.72 Å². The Morgan fingerprint density at radius 1 is 1.50 bits per heavy atom. The molecule has 0 radical (unpaired) electrons. The molecule has 0 aliphatic carbocycles. The number of halogens is 1. The minimum absolute atomic E-state index is 0.189. The lowest BCUT2D eigenvalue weighted by Crippen LogP contribution is -2.36. The van der Waals surface area contributed by atoms with Crippen LogP contribution >= 0.6 is 0 Å². The summed E-state index contributed by atoms with van der Waals surface area (Å²) in [5, 5.41) is 0. The lowest BCUT2D eigenvalue weighted by atomic mass is 10.3.